The Balaban J connectivity index is 2.30. The summed E-state index contributed by atoms with van der Waals surface area (Å²) in [4.78, 5) is 7.34. The zero-order chi connectivity index (χ0) is 14.3. The fraction of sp³-hybridized carbons (Fsp3) is 0.769. The van der Waals surface area contributed by atoms with Crippen molar-refractivity contribution in [1.29, 1.82) is 0 Å². The molecule has 0 N–H and O–H groups in total. The first-order valence-corrected chi connectivity index (χ1v) is 8.32. The maximum absolute atomic E-state index is 11.3. The molecule has 0 unspecified atom stereocenters. The van der Waals surface area contributed by atoms with Gasteiger partial charge in [0, 0.05) is 25.6 Å². The van der Waals surface area contributed by atoms with Crippen molar-refractivity contribution in [3.63, 3.8) is 0 Å². The van der Waals surface area contributed by atoms with Crippen LogP contribution in [0.4, 0.5) is 0 Å². The normalized spacial score (nSPS) is 19.9. The predicted molar refractivity (Wildman–Crippen MR) is 76.8 cm³/mol. The summed E-state index contributed by atoms with van der Waals surface area (Å²) in [7, 11) is -2.81. The van der Waals surface area contributed by atoms with Crippen molar-refractivity contribution in [3.05, 3.63) is 0 Å². The van der Waals surface area contributed by atoms with Crippen LogP contribution >= 0.6 is 0 Å². The predicted octanol–water partition coefficient (Wildman–Crippen LogP) is 0.769. The summed E-state index contributed by atoms with van der Waals surface area (Å²) < 4.78 is 22.5. The van der Waals surface area contributed by atoms with E-state index in [1.54, 1.807) is 6.92 Å². The first kappa shape index (κ1) is 16.0. The molecule has 0 radical (unpaired) electrons. The van der Waals surface area contributed by atoms with Crippen molar-refractivity contribution in [2.45, 2.75) is 20.8 Å². The van der Waals surface area contributed by atoms with E-state index in [-0.39, 0.29) is 17.4 Å². The van der Waals surface area contributed by atoms with Gasteiger partial charge in [-0.15, -0.1) is 0 Å². The molecule has 0 amide bonds. The molecule has 0 aromatic rings. The molecule has 6 heteroatoms. The summed E-state index contributed by atoms with van der Waals surface area (Å²) in [5.41, 5.74) is 0.740. The van der Waals surface area contributed by atoms with Gasteiger partial charge in [-0.3, -0.25) is 4.90 Å². The minimum atomic E-state index is -2.81. The van der Waals surface area contributed by atoms with E-state index in [4.69, 9.17) is 4.84 Å². The van der Waals surface area contributed by atoms with Gasteiger partial charge in [0.2, 0.25) is 0 Å². The van der Waals surface area contributed by atoms with Gasteiger partial charge in [-0.1, -0.05) is 24.9 Å². The number of hydrogen-bond acceptors (Lipinski definition) is 5. The van der Waals surface area contributed by atoms with Crippen molar-refractivity contribution in [1.82, 2.24) is 4.90 Å². The maximum Gasteiger partial charge on any atom is 0.152 e. The van der Waals surface area contributed by atoms with Gasteiger partial charge in [0.15, 0.2) is 9.84 Å². The average molecular weight is 286 g/mol. The van der Waals surface area contributed by atoms with Crippen molar-refractivity contribution >= 4 is 15.5 Å². The van der Waals surface area contributed by atoms with Crippen LogP contribution in [0.5, 0.6) is 0 Å². The smallest absolute Gasteiger partial charge is 0.152 e. The fourth-order valence-electron chi connectivity index (χ4n) is 1.66. The molecule has 1 aliphatic rings. The second-order valence-electron chi connectivity index (χ2n) is 4.83. The largest absolute Gasteiger partial charge is 0.394 e. The zero-order valence-corrected chi connectivity index (χ0v) is 12.7. The highest BCUT2D eigenvalue weighted by Crippen LogP contribution is 2.03. The molecule has 1 rings (SSSR count). The van der Waals surface area contributed by atoms with Crippen molar-refractivity contribution in [2.75, 3.05) is 37.7 Å². The minimum Gasteiger partial charge on any atom is -0.394 e. The first-order valence-electron chi connectivity index (χ1n) is 6.50. The topological polar surface area (TPSA) is 59.0 Å². The van der Waals surface area contributed by atoms with Crippen LogP contribution in [0.1, 0.15) is 20.8 Å². The first-order chi connectivity index (χ1) is 8.94. The SMILES string of the molecule is CC#C/C(=N\OCCN1CCS(=O)(=O)CC1)C(C)C. The monoisotopic (exact) mass is 286 g/mol. The molecule has 108 valence electrons. The summed E-state index contributed by atoms with van der Waals surface area (Å²) in [6, 6.07) is 0. The molecule has 0 aliphatic carbocycles. The third-order valence-corrected chi connectivity index (χ3v) is 4.51. The molecule has 0 bridgehead atoms. The van der Waals surface area contributed by atoms with Gasteiger partial charge in [-0.2, -0.15) is 0 Å². The molecule has 19 heavy (non-hydrogen) atoms. The summed E-state index contributed by atoms with van der Waals surface area (Å²) in [5.74, 6) is 6.46. The highest BCUT2D eigenvalue weighted by molar-refractivity contribution is 7.91. The molecule has 1 saturated heterocycles. The zero-order valence-electron chi connectivity index (χ0n) is 11.8. The van der Waals surface area contributed by atoms with E-state index >= 15 is 0 Å². The fourth-order valence-corrected chi connectivity index (χ4v) is 2.94. The second kappa shape index (κ2) is 7.51. The molecule has 0 atom stereocenters. The number of nitrogens with zero attached hydrogens (tertiary/aromatic N) is 2. The summed E-state index contributed by atoms with van der Waals surface area (Å²) in [6.45, 7) is 8.13. The Morgan fingerprint density at radius 2 is 2.00 bits per heavy atom. The number of hydrogen-bond donors (Lipinski definition) is 0. The van der Waals surface area contributed by atoms with Crippen LogP contribution in [0.25, 0.3) is 0 Å². The highest BCUT2D eigenvalue weighted by Gasteiger charge is 2.21. The molecule has 0 saturated carbocycles. The number of rotatable bonds is 5. The van der Waals surface area contributed by atoms with Gasteiger partial charge < -0.3 is 4.84 Å². The maximum atomic E-state index is 11.3. The minimum absolute atomic E-state index is 0.243. The van der Waals surface area contributed by atoms with Crippen LogP contribution in [0.15, 0.2) is 5.16 Å². The third kappa shape index (κ3) is 6.08. The summed E-state index contributed by atoms with van der Waals surface area (Å²) >= 11 is 0. The quantitative estimate of drug-likeness (QED) is 0.324. The van der Waals surface area contributed by atoms with Gasteiger partial charge in [-0.05, 0) is 12.8 Å². The van der Waals surface area contributed by atoms with E-state index in [9.17, 15) is 8.42 Å². The van der Waals surface area contributed by atoms with Crippen molar-refractivity contribution in [2.24, 2.45) is 11.1 Å². The van der Waals surface area contributed by atoms with Gasteiger partial charge in [-0.25, -0.2) is 8.42 Å². The van der Waals surface area contributed by atoms with Crippen LogP contribution in [-0.2, 0) is 14.7 Å². The Bertz CT molecular complexity index is 458. The molecule has 1 heterocycles. The van der Waals surface area contributed by atoms with E-state index in [0.29, 0.717) is 26.2 Å². The molecule has 0 spiro atoms. The van der Waals surface area contributed by atoms with E-state index < -0.39 is 9.84 Å². The molecular formula is C13H22N2O3S. The molecule has 1 fully saturated rings. The lowest BCUT2D eigenvalue weighted by Gasteiger charge is -2.25. The van der Waals surface area contributed by atoms with Crippen molar-refractivity contribution in [3.8, 4) is 11.8 Å². The van der Waals surface area contributed by atoms with Gasteiger partial charge in [0.05, 0.1) is 11.5 Å². The molecular weight excluding hydrogens is 264 g/mol. The lowest BCUT2D eigenvalue weighted by molar-refractivity contribution is 0.113. The van der Waals surface area contributed by atoms with E-state index in [1.807, 2.05) is 13.8 Å². The lowest BCUT2D eigenvalue weighted by atomic mass is 10.1. The summed E-state index contributed by atoms with van der Waals surface area (Å²) in [5, 5.41) is 4.02. The number of sulfone groups is 1. The second-order valence-corrected chi connectivity index (χ2v) is 7.14. The third-order valence-electron chi connectivity index (χ3n) is 2.90. The number of oxime groups is 1. The molecule has 0 aromatic carbocycles. The molecule has 0 aromatic heterocycles. The van der Waals surface area contributed by atoms with E-state index in [1.165, 1.54) is 0 Å². The van der Waals surface area contributed by atoms with Gasteiger partial charge >= 0.3 is 0 Å². The van der Waals surface area contributed by atoms with Crippen LogP contribution in [-0.4, -0.2) is 56.8 Å². The van der Waals surface area contributed by atoms with E-state index in [2.05, 4.69) is 21.9 Å². The van der Waals surface area contributed by atoms with Crippen LogP contribution < -0.4 is 0 Å². The lowest BCUT2D eigenvalue weighted by Crippen LogP contribution is -2.41. The van der Waals surface area contributed by atoms with Crippen LogP contribution in [0, 0.1) is 17.8 Å². The Morgan fingerprint density at radius 3 is 2.53 bits per heavy atom. The Labute approximate surface area is 115 Å². The molecule has 5 nitrogen and oxygen atoms in total. The Hall–Kier alpha value is -1.06. The Kier molecular flexibility index (Phi) is 6.32. The van der Waals surface area contributed by atoms with E-state index in [0.717, 1.165) is 5.71 Å². The highest BCUT2D eigenvalue weighted by atomic mass is 32.2. The van der Waals surface area contributed by atoms with Crippen LogP contribution in [0.2, 0.25) is 0 Å². The summed E-state index contributed by atoms with van der Waals surface area (Å²) in [6.07, 6.45) is 0. The Morgan fingerprint density at radius 1 is 1.37 bits per heavy atom. The van der Waals surface area contributed by atoms with Crippen molar-refractivity contribution < 1.29 is 13.3 Å². The van der Waals surface area contributed by atoms with Gasteiger partial charge in [0.25, 0.3) is 0 Å². The molecule has 1 aliphatic heterocycles. The van der Waals surface area contributed by atoms with Crippen LogP contribution in [0.3, 0.4) is 0 Å². The standard InChI is InChI=1S/C13H22N2O3S/c1-4-5-13(12(2)3)14-18-9-6-15-7-10-19(16,17)11-8-15/h12H,6-11H2,1-3H3/b14-13+. The average Bonchev–Trinajstić information content (AvgIpc) is 2.34. The van der Waals surface area contributed by atoms with Gasteiger partial charge in [0.1, 0.15) is 12.3 Å².